The number of carbonyl (C=O) groups excluding carboxylic acids is 1. The highest BCUT2D eigenvalue weighted by atomic mass is 33.1. The summed E-state index contributed by atoms with van der Waals surface area (Å²) in [6, 6.07) is -0.199. The molecule has 12 heavy (non-hydrogen) atoms. The van der Waals surface area contributed by atoms with Crippen molar-refractivity contribution in [2.45, 2.75) is 31.7 Å². The molecule has 1 atom stereocenters. The number of rotatable bonds is 4. The van der Waals surface area contributed by atoms with Crippen LogP contribution in [0.15, 0.2) is 0 Å². The van der Waals surface area contributed by atoms with Crippen molar-refractivity contribution in [2.75, 3.05) is 0 Å². The lowest BCUT2D eigenvalue weighted by molar-refractivity contribution is -0.120. The third kappa shape index (κ3) is 2.57. The summed E-state index contributed by atoms with van der Waals surface area (Å²) in [5.74, 6) is 0.158. The number of amides is 1. The van der Waals surface area contributed by atoms with Crippen LogP contribution in [-0.2, 0) is 4.79 Å². The van der Waals surface area contributed by atoms with E-state index in [9.17, 15) is 4.79 Å². The summed E-state index contributed by atoms with van der Waals surface area (Å²) in [6.45, 7) is 0. The first kappa shape index (κ1) is 10.2. The summed E-state index contributed by atoms with van der Waals surface area (Å²) in [5, 5.41) is 0. The topological polar surface area (TPSA) is 55.1 Å². The average Bonchev–Trinajstić information content (AvgIpc) is 2.51. The van der Waals surface area contributed by atoms with Crippen LogP contribution in [0.2, 0.25) is 0 Å². The van der Waals surface area contributed by atoms with E-state index < -0.39 is 0 Å². The van der Waals surface area contributed by atoms with E-state index in [4.69, 9.17) is 5.73 Å². The van der Waals surface area contributed by atoms with Crippen LogP contribution >= 0.6 is 22.6 Å². The van der Waals surface area contributed by atoms with Crippen LogP contribution in [0, 0.1) is 5.92 Å². The highest BCUT2D eigenvalue weighted by Gasteiger charge is 2.28. The molecule has 1 aliphatic carbocycles. The van der Waals surface area contributed by atoms with Gasteiger partial charge in [0.25, 0.3) is 0 Å². The van der Waals surface area contributed by atoms with Gasteiger partial charge in [0.05, 0.1) is 6.04 Å². The van der Waals surface area contributed by atoms with Gasteiger partial charge in [-0.05, 0) is 29.7 Å². The minimum absolute atomic E-state index is 0.199. The summed E-state index contributed by atoms with van der Waals surface area (Å²) in [6.07, 6.45) is 4.64. The van der Waals surface area contributed by atoms with Crippen molar-refractivity contribution in [3.8, 4) is 0 Å². The Labute approximate surface area is 81.8 Å². The van der Waals surface area contributed by atoms with Gasteiger partial charge in [0, 0.05) is 0 Å². The van der Waals surface area contributed by atoms with E-state index in [0.29, 0.717) is 5.92 Å². The Balaban J connectivity index is 2.45. The molecule has 3 nitrogen and oxygen atoms in total. The first-order valence-corrected chi connectivity index (χ1v) is 5.98. The Morgan fingerprint density at radius 3 is 2.58 bits per heavy atom. The van der Waals surface area contributed by atoms with Crippen molar-refractivity contribution in [3.63, 3.8) is 0 Å². The van der Waals surface area contributed by atoms with Crippen molar-refractivity contribution in [1.82, 2.24) is 4.72 Å². The highest BCUT2D eigenvalue weighted by molar-refractivity contribution is 8.67. The molecular weight excluding hydrogens is 192 g/mol. The van der Waals surface area contributed by atoms with Gasteiger partial charge < -0.3 is 5.73 Å². The quantitative estimate of drug-likeness (QED) is 0.367. The lowest BCUT2D eigenvalue weighted by atomic mass is 9.99. The summed E-state index contributed by atoms with van der Waals surface area (Å²) < 4.78 is 2.93. The fraction of sp³-hybridized carbons (Fsp3) is 0.857. The molecule has 0 spiro atoms. The van der Waals surface area contributed by atoms with Crippen LogP contribution in [-0.4, -0.2) is 11.9 Å². The molecule has 0 aliphatic heterocycles. The molecule has 1 amide bonds. The molecule has 0 aromatic heterocycles. The average molecular weight is 206 g/mol. The van der Waals surface area contributed by atoms with Crippen molar-refractivity contribution < 1.29 is 4.79 Å². The first-order valence-electron chi connectivity index (χ1n) is 4.11. The van der Waals surface area contributed by atoms with Crippen molar-refractivity contribution in [2.24, 2.45) is 11.7 Å². The Morgan fingerprint density at radius 2 is 2.17 bits per heavy atom. The molecule has 0 unspecified atom stereocenters. The molecular formula is C7H14N2OS2. The summed E-state index contributed by atoms with van der Waals surface area (Å²) >= 11 is 3.94. The van der Waals surface area contributed by atoms with Crippen LogP contribution in [0.4, 0.5) is 0 Å². The van der Waals surface area contributed by atoms with E-state index in [1.165, 1.54) is 23.8 Å². The van der Waals surface area contributed by atoms with Crippen LogP contribution in [0.5, 0.6) is 0 Å². The monoisotopic (exact) mass is 206 g/mol. The summed E-state index contributed by atoms with van der Waals surface area (Å²) in [7, 11) is 1.17. The van der Waals surface area contributed by atoms with E-state index in [0.717, 1.165) is 12.8 Å². The largest absolute Gasteiger partial charge is 0.368 e. The van der Waals surface area contributed by atoms with Gasteiger partial charge in [0.2, 0.25) is 5.91 Å². The normalized spacial score (nSPS) is 21.1. The van der Waals surface area contributed by atoms with Crippen LogP contribution in [0.3, 0.4) is 0 Å². The lowest BCUT2D eigenvalue weighted by Crippen LogP contribution is -2.42. The molecule has 1 saturated carbocycles. The van der Waals surface area contributed by atoms with Gasteiger partial charge >= 0.3 is 0 Å². The maximum atomic E-state index is 11.0. The van der Waals surface area contributed by atoms with Crippen LogP contribution in [0.1, 0.15) is 25.7 Å². The predicted octanol–water partition coefficient (Wildman–Crippen LogP) is 1.11. The molecule has 0 bridgehead atoms. The van der Waals surface area contributed by atoms with E-state index in [2.05, 4.69) is 16.4 Å². The van der Waals surface area contributed by atoms with Gasteiger partial charge in [-0.1, -0.05) is 24.5 Å². The van der Waals surface area contributed by atoms with Gasteiger partial charge in [-0.3, -0.25) is 4.79 Å². The third-order valence-corrected chi connectivity index (χ3v) is 3.03. The zero-order chi connectivity index (χ0) is 8.97. The summed E-state index contributed by atoms with van der Waals surface area (Å²) in [5.41, 5.74) is 5.25. The van der Waals surface area contributed by atoms with Gasteiger partial charge in [-0.15, -0.1) is 0 Å². The van der Waals surface area contributed by atoms with Gasteiger partial charge in [0.1, 0.15) is 0 Å². The van der Waals surface area contributed by atoms with Crippen LogP contribution < -0.4 is 10.5 Å². The number of carbonyl (C=O) groups is 1. The fourth-order valence-corrected chi connectivity index (χ4v) is 2.50. The molecule has 0 saturated heterocycles. The van der Waals surface area contributed by atoms with Gasteiger partial charge in [-0.25, -0.2) is 4.72 Å². The number of thiol groups is 1. The summed E-state index contributed by atoms with van der Waals surface area (Å²) in [4.78, 5) is 11.0. The molecule has 1 aliphatic rings. The molecule has 0 radical (unpaired) electrons. The molecule has 0 heterocycles. The second-order valence-electron chi connectivity index (χ2n) is 3.13. The van der Waals surface area contributed by atoms with E-state index in [-0.39, 0.29) is 11.9 Å². The van der Waals surface area contributed by atoms with Crippen molar-refractivity contribution in [3.05, 3.63) is 0 Å². The van der Waals surface area contributed by atoms with Crippen LogP contribution in [0.25, 0.3) is 0 Å². The van der Waals surface area contributed by atoms with E-state index in [1.54, 1.807) is 0 Å². The number of primary amides is 1. The number of nitrogens with two attached hydrogens (primary N) is 1. The molecule has 1 fully saturated rings. The molecule has 0 aromatic rings. The molecule has 1 rings (SSSR count). The second-order valence-corrected chi connectivity index (χ2v) is 4.10. The number of nitrogens with one attached hydrogen (secondary N) is 1. The zero-order valence-electron chi connectivity index (χ0n) is 6.82. The molecule has 3 N–H and O–H groups in total. The Bertz CT molecular complexity index is 159. The third-order valence-electron chi connectivity index (χ3n) is 2.36. The minimum atomic E-state index is -0.261. The van der Waals surface area contributed by atoms with E-state index in [1.807, 2.05) is 0 Å². The highest BCUT2D eigenvalue weighted by Crippen LogP contribution is 2.28. The predicted molar refractivity (Wildman–Crippen MR) is 54.7 cm³/mol. The van der Waals surface area contributed by atoms with Crippen molar-refractivity contribution in [1.29, 1.82) is 0 Å². The number of hydrogen-bond acceptors (Lipinski definition) is 4. The standard InChI is InChI=1S/C7H14N2OS2/c8-7(10)6(9-12-11)5-3-1-2-4-5/h5-6,9,11H,1-4H2,(H2,8,10)/t6-/m0/s1. The minimum Gasteiger partial charge on any atom is -0.368 e. The molecule has 70 valence electrons. The van der Waals surface area contributed by atoms with Crippen molar-refractivity contribution >= 4 is 28.5 Å². The molecule has 0 aromatic carbocycles. The zero-order valence-corrected chi connectivity index (χ0v) is 8.54. The smallest absolute Gasteiger partial charge is 0.235 e. The Kier molecular flexibility index (Phi) is 4.25. The van der Waals surface area contributed by atoms with Gasteiger partial charge in [-0.2, -0.15) is 0 Å². The maximum absolute atomic E-state index is 11.0. The lowest BCUT2D eigenvalue weighted by Gasteiger charge is -2.19. The Morgan fingerprint density at radius 1 is 1.58 bits per heavy atom. The second kappa shape index (κ2) is 4.99. The van der Waals surface area contributed by atoms with Gasteiger partial charge in [0.15, 0.2) is 0 Å². The SMILES string of the molecule is NC(=O)[C@@H](NSS)C1CCCC1. The van der Waals surface area contributed by atoms with E-state index >= 15 is 0 Å². The first-order chi connectivity index (χ1) is 5.75. The maximum Gasteiger partial charge on any atom is 0.235 e. The molecule has 5 heteroatoms. The Hall–Kier alpha value is 0.130. The fourth-order valence-electron chi connectivity index (χ4n) is 1.73. The number of hydrogen-bond donors (Lipinski definition) is 3.